The summed E-state index contributed by atoms with van der Waals surface area (Å²) in [6.45, 7) is 0. The zero-order chi connectivity index (χ0) is 27.1. The Bertz CT molecular complexity index is 1430. The van der Waals surface area contributed by atoms with Gasteiger partial charge >= 0.3 is 11.9 Å². The van der Waals surface area contributed by atoms with Crippen LogP contribution in [0, 0.1) is 0 Å². The van der Waals surface area contributed by atoms with Crippen molar-refractivity contribution in [3.05, 3.63) is 108 Å². The van der Waals surface area contributed by atoms with Gasteiger partial charge in [0.15, 0.2) is 0 Å². The summed E-state index contributed by atoms with van der Waals surface area (Å²) in [6, 6.07) is 15.2. The number of carbonyl (C=O) groups is 4. The molecule has 190 valence electrons. The van der Waals surface area contributed by atoms with Crippen molar-refractivity contribution in [2.24, 2.45) is 0 Å². The van der Waals surface area contributed by atoms with Crippen molar-refractivity contribution in [2.75, 3.05) is 10.6 Å². The molecule has 4 aromatic rings. The van der Waals surface area contributed by atoms with Crippen LogP contribution in [-0.2, 0) is 9.59 Å². The van der Waals surface area contributed by atoms with Crippen molar-refractivity contribution in [1.82, 2.24) is 0 Å². The summed E-state index contributed by atoms with van der Waals surface area (Å²) in [7, 11) is 0. The maximum atomic E-state index is 12.3. The number of hydrogen-bond acceptors (Lipinski definition) is 6. The molecule has 2 aromatic heterocycles. The van der Waals surface area contributed by atoms with E-state index in [2.05, 4.69) is 10.6 Å². The molecule has 38 heavy (non-hydrogen) atoms. The maximum Gasteiger partial charge on any atom is 0.337 e. The molecule has 0 saturated carbocycles. The molecule has 0 spiro atoms. The van der Waals surface area contributed by atoms with Crippen molar-refractivity contribution in [2.45, 2.75) is 0 Å². The van der Waals surface area contributed by atoms with Crippen LogP contribution in [0.3, 0.4) is 0 Å². The highest BCUT2D eigenvalue weighted by Gasteiger charge is 2.17. The normalized spacial score (nSPS) is 11.1. The van der Waals surface area contributed by atoms with Gasteiger partial charge in [-0.3, -0.25) is 9.59 Å². The van der Waals surface area contributed by atoms with Gasteiger partial charge in [-0.05, 0) is 71.8 Å². The van der Waals surface area contributed by atoms with Gasteiger partial charge in [-0.25, -0.2) is 9.59 Å². The van der Waals surface area contributed by atoms with Gasteiger partial charge in [-0.1, -0.05) is 12.1 Å². The molecule has 0 atom stereocenters. The average Bonchev–Trinajstić information content (AvgIpc) is 3.61. The minimum atomic E-state index is -1.29. The number of hydrogen-bond donors (Lipinski definition) is 4. The van der Waals surface area contributed by atoms with Gasteiger partial charge in [0.1, 0.15) is 11.5 Å². The Kier molecular flexibility index (Phi) is 7.63. The van der Waals surface area contributed by atoms with Crippen LogP contribution in [0.1, 0.15) is 32.2 Å². The first-order valence-electron chi connectivity index (χ1n) is 11.1. The SMILES string of the molecule is O=C(/C=C\c1ccco1)Nc1ccc(-c2ccc(NC(=O)/C=C\c3ccco3)c(C(=O)O)c2)cc1C(=O)O. The zero-order valence-corrected chi connectivity index (χ0v) is 19.6. The van der Waals surface area contributed by atoms with Crippen LogP contribution in [-0.4, -0.2) is 34.0 Å². The van der Waals surface area contributed by atoms with E-state index in [1.807, 2.05) is 0 Å². The fraction of sp³-hybridized carbons (Fsp3) is 0. The number of anilines is 2. The molecular formula is C28H20N2O8. The summed E-state index contributed by atoms with van der Waals surface area (Å²) >= 11 is 0. The lowest BCUT2D eigenvalue weighted by Crippen LogP contribution is -2.13. The molecule has 0 bridgehead atoms. The highest BCUT2D eigenvalue weighted by molar-refractivity contribution is 6.08. The first-order chi connectivity index (χ1) is 18.3. The Labute approximate surface area is 215 Å². The number of amides is 2. The van der Waals surface area contributed by atoms with Crippen molar-refractivity contribution in [1.29, 1.82) is 0 Å². The van der Waals surface area contributed by atoms with E-state index in [1.165, 1.54) is 61.1 Å². The Morgan fingerprint density at radius 3 is 1.39 bits per heavy atom. The molecule has 0 saturated heterocycles. The van der Waals surface area contributed by atoms with E-state index in [9.17, 15) is 29.4 Å². The Morgan fingerprint density at radius 2 is 1.05 bits per heavy atom. The minimum Gasteiger partial charge on any atom is -0.478 e. The van der Waals surface area contributed by atoms with Crippen molar-refractivity contribution in [3.63, 3.8) is 0 Å². The summed E-state index contributed by atoms with van der Waals surface area (Å²) in [5, 5.41) is 24.4. The molecule has 0 unspecified atom stereocenters. The third-order valence-electron chi connectivity index (χ3n) is 5.23. The van der Waals surface area contributed by atoms with Crippen LogP contribution < -0.4 is 10.6 Å². The summed E-state index contributed by atoms with van der Waals surface area (Å²) in [5.74, 6) is -2.80. The fourth-order valence-corrected chi connectivity index (χ4v) is 3.46. The van der Waals surface area contributed by atoms with Gasteiger partial charge in [-0.15, -0.1) is 0 Å². The standard InChI is InChI=1S/C28H20N2O8/c31-25(11-7-19-3-1-13-37-19)29-23-9-5-17(15-21(23)27(33)34)18-6-10-24(22(16-18)28(35)36)30-26(32)12-8-20-4-2-14-38-20/h1-16H,(H,29,31)(H,30,32)(H,33,34)(H,35,36)/b11-7-,12-8-. The number of nitrogens with one attached hydrogen (secondary N) is 2. The summed E-state index contributed by atoms with van der Waals surface area (Å²) < 4.78 is 10.2. The lowest BCUT2D eigenvalue weighted by molar-refractivity contribution is -0.112. The van der Waals surface area contributed by atoms with E-state index in [4.69, 9.17) is 8.83 Å². The minimum absolute atomic E-state index is 0.0565. The van der Waals surface area contributed by atoms with E-state index in [1.54, 1.807) is 36.4 Å². The largest absolute Gasteiger partial charge is 0.478 e. The lowest BCUT2D eigenvalue weighted by atomic mass is 9.99. The van der Waals surface area contributed by atoms with Crippen LogP contribution in [0.15, 0.2) is 94.2 Å². The Hall–Kier alpha value is -5.64. The van der Waals surface area contributed by atoms with E-state index in [0.29, 0.717) is 22.6 Å². The maximum absolute atomic E-state index is 12.3. The molecule has 4 N–H and O–H groups in total. The molecule has 10 nitrogen and oxygen atoms in total. The third-order valence-corrected chi connectivity index (χ3v) is 5.23. The molecule has 0 aliphatic heterocycles. The molecule has 0 radical (unpaired) electrons. The van der Waals surface area contributed by atoms with E-state index in [-0.39, 0.29) is 22.5 Å². The van der Waals surface area contributed by atoms with Gasteiger partial charge in [-0.2, -0.15) is 0 Å². The molecule has 0 aliphatic rings. The molecule has 0 aliphatic carbocycles. The number of benzene rings is 2. The van der Waals surface area contributed by atoms with Crippen LogP contribution in [0.4, 0.5) is 11.4 Å². The second kappa shape index (κ2) is 11.4. The predicted octanol–water partition coefficient (Wildman–Crippen LogP) is 5.24. The monoisotopic (exact) mass is 512 g/mol. The fourth-order valence-electron chi connectivity index (χ4n) is 3.46. The van der Waals surface area contributed by atoms with Crippen LogP contribution in [0.5, 0.6) is 0 Å². The molecule has 0 fully saturated rings. The van der Waals surface area contributed by atoms with Gasteiger partial charge in [0.25, 0.3) is 0 Å². The van der Waals surface area contributed by atoms with E-state index >= 15 is 0 Å². The third kappa shape index (κ3) is 6.32. The average molecular weight is 512 g/mol. The van der Waals surface area contributed by atoms with Crippen LogP contribution in [0.2, 0.25) is 0 Å². The van der Waals surface area contributed by atoms with Gasteiger partial charge < -0.3 is 29.7 Å². The molecule has 2 aromatic carbocycles. The highest BCUT2D eigenvalue weighted by atomic mass is 16.4. The van der Waals surface area contributed by atoms with Crippen molar-refractivity contribution < 1.29 is 38.2 Å². The van der Waals surface area contributed by atoms with Gasteiger partial charge in [0, 0.05) is 12.2 Å². The number of carboxylic acid groups (broad SMARTS) is 2. The van der Waals surface area contributed by atoms with Gasteiger partial charge in [0.05, 0.1) is 35.0 Å². The zero-order valence-electron chi connectivity index (χ0n) is 19.6. The van der Waals surface area contributed by atoms with Crippen LogP contribution >= 0.6 is 0 Å². The first-order valence-corrected chi connectivity index (χ1v) is 11.1. The number of carbonyl (C=O) groups excluding carboxylic acids is 2. The topological polar surface area (TPSA) is 159 Å². The summed E-state index contributed by atoms with van der Waals surface area (Å²) in [4.78, 5) is 48.3. The van der Waals surface area contributed by atoms with E-state index in [0.717, 1.165) is 0 Å². The molecule has 2 amide bonds. The predicted molar refractivity (Wildman–Crippen MR) is 139 cm³/mol. The quantitative estimate of drug-likeness (QED) is 0.222. The van der Waals surface area contributed by atoms with Crippen molar-refractivity contribution in [3.8, 4) is 11.1 Å². The lowest BCUT2D eigenvalue weighted by Gasteiger charge is -2.12. The summed E-state index contributed by atoms with van der Waals surface area (Å²) in [6.07, 6.45) is 8.18. The Balaban J connectivity index is 1.56. The molecule has 10 heteroatoms. The number of aromatic carboxylic acids is 2. The second-order valence-corrected chi connectivity index (χ2v) is 7.81. The second-order valence-electron chi connectivity index (χ2n) is 7.81. The highest BCUT2D eigenvalue weighted by Crippen LogP contribution is 2.29. The number of carboxylic acids is 2. The summed E-state index contributed by atoms with van der Waals surface area (Å²) in [5.41, 5.74) is 0.510. The molecular weight excluding hydrogens is 492 g/mol. The molecule has 2 heterocycles. The number of rotatable bonds is 9. The van der Waals surface area contributed by atoms with Gasteiger partial charge in [0.2, 0.25) is 11.8 Å². The van der Waals surface area contributed by atoms with Crippen molar-refractivity contribution >= 4 is 47.3 Å². The Morgan fingerprint density at radius 1 is 0.632 bits per heavy atom. The molecule has 4 rings (SSSR count). The van der Waals surface area contributed by atoms with Crippen LogP contribution in [0.25, 0.3) is 23.3 Å². The smallest absolute Gasteiger partial charge is 0.337 e. The number of furan rings is 2. The first kappa shape index (κ1) is 25.5. The van der Waals surface area contributed by atoms with E-state index < -0.39 is 23.8 Å².